The van der Waals surface area contributed by atoms with E-state index in [4.69, 9.17) is 0 Å². The highest BCUT2D eigenvalue weighted by Gasteiger charge is 2.24. The van der Waals surface area contributed by atoms with Gasteiger partial charge in [-0.05, 0) is 36.8 Å². The number of amides is 2. The lowest BCUT2D eigenvalue weighted by Crippen LogP contribution is -2.32. The van der Waals surface area contributed by atoms with E-state index in [1.807, 2.05) is 0 Å². The molecule has 0 fully saturated rings. The van der Waals surface area contributed by atoms with Crippen LogP contribution >= 0.6 is 0 Å². The lowest BCUT2D eigenvalue weighted by Gasteiger charge is -2.20. The first-order chi connectivity index (χ1) is 13.8. The lowest BCUT2D eigenvalue weighted by atomic mass is 10.1. The van der Waals surface area contributed by atoms with E-state index in [0.717, 1.165) is 0 Å². The van der Waals surface area contributed by atoms with Crippen LogP contribution in [0.25, 0.3) is 0 Å². The summed E-state index contributed by atoms with van der Waals surface area (Å²) in [5.41, 5.74) is 1.38. The zero-order valence-corrected chi connectivity index (χ0v) is 17.6. The highest BCUT2D eigenvalue weighted by molar-refractivity contribution is 7.89. The standard InChI is InChI=1S/C20H26N4O4S/c1-4-24(5-2)29(27,28)18-13-16(9-8-15(18)3)20(26)22-12-10-19(25)23-17-7-6-11-21-14-17/h6-9,11,13-14H,4-5,10,12H2,1-3H3,(H,22,26)(H,23,25). The first-order valence-corrected chi connectivity index (χ1v) is 10.8. The fourth-order valence-corrected chi connectivity index (χ4v) is 4.48. The molecule has 0 saturated carbocycles. The molecular weight excluding hydrogens is 392 g/mol. The summed E-state index contributed by atoms with van der Waals surface area (Å²) in [7, 11) is -3.67. The number of hydrogen-bond donors (Lipinski definition) is 2. The Balaban J connectivity index is 2.02. The topological polar surface area (TPSA) is 108 Å². The Morgan fingerprint density at radius 1 is 1.14 bits per heavy atom. The van der Waals surface area contributed by atoms with E-state index in [1.165, 1.54) is 16.6 Å². The van der Waals surface area contributed by atoms with Gasteiger partial charge in [-0.15, -0.1) is 0 Å². The van der Waals surface area contributed by atoms with Crippen LogP contribution in [0.4, 0.5) is 5.69 Å². The average molecular weight is 419 g/mol. The Bertz CT molecular complexity index is 958. The van der Waals surface area contributed by atoms with Crippen LogP contribution in [0, 0.1) is 6.92 Å². The fourth-order valence-electron chi connectivity index (χ4n) is 2.77. The summed E-state index contributed by atoms with van der Waals surface area (Å²) in [6, 6.07) is 7.99. The van der Waals surface area contributed by atoms with Gasteiger partial charge in [0.2, 0.25) is 15.9 Å². The van der Waals surface area contributed by atoms with Gasteiger partial charge in [0.05, 0.1) is 16.8 Å². The van der Waals surface area contributed by atoms with E-state index in [2.05, 4.69) is 15.6 Å². The molecule has 1 heterocycles. The number of carbonyl (C=O) groups is 2. The molecule has 0 spiro atoms. The molecule has 0 aliphatic heterocycles. The monoisotopic (exact) mass is 418 g/mol. The number of rotatable bonds is 9. The number of carbonyl (C=O) groups excluding carboxylic acids is 2. The Labute approximate surface area is 171 Å². The van der Waals surface area contributed by atoms with Gasteiger partial charge in [0.15, 0.2) is 0 Å². The lowest BCUT2D eigenvalue weighted by molar-refractivity contribution is -0.116. The van der Waals surface area contributed by atoms with E-state index in [0.29, 0.717) is 24.3 Å². The van der Waals surface area contributed by atoms with Crippen molar-refractivity contribution in [3.8, 4) is 0 Å². The molecule has 2 rings (SSSR count). The molecule has 9 heteroatoms. The second-order valence-corrected chi connectivity index (χ2v) is 8.27. The van der Waals surface area contributed by atoms with Crippen molar-refractivity contribution in [1.82, 2.24) is 14.6 Å². The van der Waals surface area contributed by atoms with Gasteiger partial charge in [0.1, 0.15) is 0 Å². The molecule has 0 atom stereocenters. The molecule has 2 aromatic rings. The molecule has 2 N–H and O–H groups in total. The van der Waals surface area contributed by atoms with E-state index in [-0.39, 0.29) is 29.3 Å². The minimum atomic E-state index is -3.67. The summed E-state index contributed by atoms with van der Waals surface area (Å²) in [6.45, 7) is 6.05. The number of aromatic nitrogens is 1. The van der Waals surface area contributed by atoms with Gasteiger partial charge < -0.3 is 10.6 Å². The number of nitrogens with one attached hydrogen (secondary N) is 2. The molecule has 1 aromatic heterocycles. The van der Waals surface area contributed by atoms with E-state index >= 15 is 0 Å². The van der Waals surface area contributed by atoms with Crippen LogP contribution in [-0.2, 0) is 14.8 Å². The summed E-state index contributed by atoms with van der Waals surface area (Å²) in [4.78, 5) is 28.4. The molecule has 29 heavy (non-hydrogen) atoms. The highest BCUT2D eigenvalue weighted by Crippen LogP contribution is 2.21. The van der Waals surface area contributed by atoms with Gasteiger partial charge in [-0.1, -0.05) is 19.9 Å². The largest absolute Gasteiger partial charge is 0.352 e. The molecule has 0 aliphatic carbocycles. The van der Waals surface area contributed by atoms with Gasteiger partial charge in [-0.3, -0.25) is 14.6 Å². The number of aryl methyl sites for hydroxylation is 1. The Morgan fingerprint density at radius 3 is 2.48 bits per heavy atom. The highest BCUT2D eigenvalue weighted by atomic mass is 32.2. The van der Waals surface area contributed by atoms with Crippen molar-refractivity contribution in [3.63, 3.8) is 0 Å². The number of anilines is 1. The van der Waals surface area contributed by atoms with Crippen molar-refractivity contribution in [2.45, 2.75) is 32.1 Å². The first kappa shape index (κ1) is 22.5. The molecule has 0 bridgehead atoms. The maximum atomic E-state index is 12.8. The summed E-state index contributed by atoms with van der Waals surface area (Å²) >= 11 is 0. The second kappa shape index (κ2) is 10.1. The van der Waals surface area contributed by atoms with Gasteiger partial charge in [0, 0.05) is 37.8 Å². The third-order valence-electron chi connectivity index (χ3n) is 4.36. The molecule has 8 nitrogen and oxygen atoms in total. The summed E-state index contributed by atoms with van der Waals surface area (Å²) in [6.07, 6.45) is 3.21. The molecule has 1 aromatic carbocycles. The van der Waals surface area contributed by atoms with Crippen LogP contribution in [0.3, 0.4) is 0 Å². The number of pyridine rings is 1. The Hall–Kier alpha value is -2.78. The Kier molecular flexibility index (Phi) is 7.86. The summed E-state index contributed by atoms with van der Waals surface area (Å²) in [5, 5.41) is 5.33. The van der Waals surface area contributed by atoms with E-state index in [1.54, 1.807) is 51.2 Å². The van der Waals surface area contributed by atoms with Crippen LogP contribution in [-0.4, -0.2) is 49.2 Å². The molecule has 156 valence electrons. The van der Waals surface area contributed by atoms with Crippen molar-refractivity contribution in [2.75, 3.05) is 25.0 Å². The quantitative estimate of drug-likeness (QED) is 0.649. The van der Waals surface area contributed by atoms with Crippen molar-refractivity contribution in [3.05, 3.63) is 53.9 Å². The van der Waals surface area contributed by atoms with Crippen LogP contribution in [0.5, 0.6) is 0 Å². The minimum absolute atomic E-state index is 0.0805. The Morgan fingerprint density at radius 2 is 1.86 bits per heavy atom. The summed E-state index contributed by atoms with van der Waals surface area (Å²) < 4.78 is 27.0. The minimum Gasteiger partial charge on any atom is -0.352 e. The van der Waals surface area contributed by atoms with Gasteiger partial charge in [-0.2, -0.15) is 4.31 Å². The maximum absolute atomic E-state index is 12.8. The average Bonchev–Trinajstić information content (AvgIpc) is 2.69. The molecular formula is C20H26N4O4S. The second-order valence-electron chi connectivity index (χ2n) is 6.37. The third kappa shape index (κ3) is 5.85. The van der Waals surface area contributed by atoms with Gasteiger partial charge >= 0.3 is 0 Å². The third-order valence-corrected chi connectivity index (χ3v) is 6.55. The van der Waals surface area contributed by atoms with Crippen LogP contribution in [0.2, 0.25) is 0 Å². The zero-order valence-electron chi connectivity index (χ0n) is 16.8. The molecule has 0 saturated heterocycles. The van der Waals surface area contributed by atoms with Crippen molar-refractivity contribution < 1.29 is 18.0 Å². The predicted octanol–water partition coefficient (Wildman–Crippen LogP) is 2.18. The van der Waals surface area contributed by atoms with Crippen LogP contribution in [0.15, 0.2) is 47.6 Å². The number of sulfonamides is 1. The normalized spacial score (nSPS) is 11.3. The molecule has 0 aliphatic rings. The number of nitrogens with zero attached hydrogens (tertiary/aromatic N) is 2. The van der Waals surface area contributed by atoms with Crippen LogP contribution < -0.4 is 10.6 Å². The zero-order chi connectivity index (χ0) is 21.4. The van der Waals surface area contributed by atoms with Gasteiger partial charge in [-0.25, -0.2) is 8.42 Å². The maximum Gasteiger partial charge on any atom is 0.251 e. The number of hydrogen-bond acceptors (Lipinski definition) is 5. The van der Waals surface area contributed by atoms with E-state index < -0.39 is 15.9 Å². The molecule has 0 unspecified atom stereocenters. The molecule has 0 radical (unpaired) electrons. The SMILES string of the molecule is CCN(CC)S(=O)(=O)c1cc(C(=O)NCCC(=O)Nc2cccnc2)ccc1C. The summed E-state index contributed by atoms with van der Waals surface area (Å²) in [5.74, 6) is -0.692. The fraction of sp³-hybridized carbons (Fsp3) is 0.350. The van der Waals surface area contributed by atoms with Crippen molar-refractivity contribution in [1.29, 1.82) is 0 Å². The van der Waals surface area contributed by atoms with Crippen molar-refractivity contribution >= 4 is 27.5 Å². The first-order valence-electron chi connectivity index (χ1n) is 9.38. The molecule has 2 amide bonds. The smallest absolute Gasteiger partial charge is 0.251 e. The van der Waals surface area contributed by atoms with E-state index in [9.17, 15) is 18.0 Å². The predicted molar refractivity (Wildman–Crippen MR) is 111 cm³/mol. The van der Waals surface area contributed by atoms with Crippen LogP contribution in [0.1, 0.15) is 36.2 Å². The number of benzene rings is 1. The van der Waals surface area contributed by atoms with Crippen molar-refractivity contribution in [2.24, 2.45) is 0 Å². The van der Waals surface area contributed by atoms with Gasteiger partial charge in [0.25, 0.3) is 5.91 Å².